The molecule has 1 aromatic rings. The Balaban J connectivity index is 1.54. The molecule has 2 rings (SSSR count). The molecule has 23 heavy (non-hydrogen) atoms. The number of aliphatic hydroxyl groups is 1. The molecule has 0 saturated carbocycles. The normalized spacial score (nSPS) is 18.0. The molecule has 0 radical (unpaired) electrons. The first-order chi connectivity index (χ1) is 11.0. The number of carbonyl (C=O) groups is 1. The molecular weight excluding hydrogens is 310 g/mol. The summed E-state index contributed by atoms with van der Waals surface area (Å²) in [6, 6.07) is 0. The van der Waals surface area contributed by atoms with Crippen molar-refractivity contribution >= 4 is 17.2 Å². The number of nitrogens with one attached hydrogen (secondary N) is 1. The van der Waals surface area contributed by atoms with Crippen LogP contribution in [0, 0.1) is 12.8 Å². The summed E-state index contributed by atoms with van der Waals surface area (Å²) in [4.78, 5) is 18.5. The van der Waals surface area contributed by atoms with E-state index in [4.69, 9.17) is 0 Å². The van der Waals surface area contributed by atoms with E-state index in [1.807, 2.05) is 6.92 Å². The minimum atomic E-state index is -0.478. The Kier molecular flexibility index (Phi) is 7.46. The third-order valence-electron chi connectivity index (χ3n) is 4.38. The second-order valence-electron chi connectivity index (χ2n) is 6.65. The second kappa shape index (κ2) is 9.35. The van der Waals surface area contributed by atoms with Gasteiger partial charge in [-0.25, -0.2) is 4.98 Å². The van der Waals surface area contributed by atoms with Gasteiger partial charge in [0.2, 0.25) is 5.91 Å². The van der Waals surface area contributed by atoms with Crippen molar-refractivity contribution in [2.75, 3.05) is 26.2 Å². The van der Waals surface area contributed by atoms with Crippen molar-refractivity contribution < 1.29 is 9.90 Å². The minimum Gasteiger partial charge on any atom is -0.390 e. The molecule has 1 fully saturated rings. The van der Waals surface area contributed by atoms with E-state index in [0.717, 1.165) is 42.6 Å². The third-order valence-corrected chi connectivity index (χ3v) is 5.21. The van der Waals surface area contributed by atoms with Crippen molar-refractivity contribution in [1.29, 1.82) is 0 Å². The zero-order chi connectivity index (χ0) is 16.7. The van der Waals surface area contributed by atoms with Crippen LogP contribution in [0.3, 0.4) is 0 Å². The van der Waals surface area contributed by atoms with Crippen molar-refractivity contribution in [2.45, 2.75) is 52.1 Å². The highest BCUT2D eigenvalue weighted by Gasteiger charge is 2.18. The van der Waals surface area contributed by atoms with Crippen molar-refractivity contribution in [3.05, 3.63) is 16.1 Å². The molecule has 1 amide bonds. The quantitative estimate of drug-likeness (QED) is 0.760. The average molecular weight is 340 g/mol. The number of aryl methyl sites for hydroxylation is 2. The Morgan fingerprint density at radius 3 is 2.91 bits per heavy atom. The molecule has 0 spiro atoms. The van der Waals surface area contributed by atoms with E-state index in [-0.39, 0.29) is 5.91 Å². The Hall–Kier alpha value is -0.980. The van der Waals surface area contributed by atoms with Crippen LogP contribution in [-0.2, 0) is 11.2 Å². The molecule has 0 aliphatic carbocycles. The fraction of sp³-hybridized carbons (Fsp3) is 0.765. The number of aliphatic hydroxyl groups excluding tert-OH is 1. The summed E-state index contributed by atoms with van der Waals surface area (Å²) in [5.74, 6) is 0.813. The van der Waals surface area contributed by atoms with E-state index in [9.17, 15) is 9.90 Å². The van der Waals surface area contributed by atoms with Crippen LogP contribution in [0.5, 0.6) is 0 Å². The van der Waals surface area contributed by atoms with Crippen LogP contribution in [-0.4, -0.2) is 53.2 Å². The Morgan fingerprint density at radius 1 is 1.52 bits per heavy atom. The topological polar surface area (TPSA) is 65.5 Å². The Labute approximate surface area is 143 Å². The maximum absolute atomic E-state index is 11.8. The number of aromatic nitrogens is 1. The lowest BCUT2D eigenvalue weighted by molar-refractivity contribution is -0.121. The summed E-state index contributed by atoms with van der Waals surface area (Å²) in [5.41, 5.74) is 1.07. The summed E-state index contributed by atoms with van der Waals surface area (Å²) in [5, 5.41) is 16.0. The molecule has 1 aliphatic heterocycles. The number of hydrogen-bond donors (Lipinski definition) is 2. The molecular formula is C17H29N3O2S. The van der Waals surface area contributed by atoms with Gasteiger partial charge >= 0.3 is 0 Å². The van der Waals surface area contributed by atoms with Gasteiger partial charge in [-0.05, 0) is 51.6 Å². The van der Waals surface area contributed by atoms with E-state index in [2.05, 4.69) is 27.5 Å². The molecule has 6 heteroatoms. The number of thiazole rings is 1. The Morgan fingerprint density at radius 2 is 2.26 bits per heavy atom. The van der Waals surface area contributed by atoms with E-state index < -0.39 is 6.10 Å². The first kappa shape index (κ1) is 18.4. The molecule has 1 aliphatic rings. The van der Waals surface area contributed by atoms with Crippen molar-refractivity contribution in [2.24, 2.45) is 5.92 Å². The number of nitrogens with zero attached hydrogens (tertiary/aromatic N) is 2. The summed E-state index contributed by atoms with van der Waals surface area (Å²) >= 11 is 1.64. The standard InChI is InChI=1S/C17H29N3O2S/c1-13-6-8-20(9-7-13)11-16(21)10-18-17(22)5-3-4-15-12-23-14(2)19-15/h12-13,16,21H,3-11H2,1-2H3,(H,18,22). The van der Waals surface area contributed by atoms with Crippen molar-refractivity contribution in [3.63, 3.8) is 0 Å². The summed E-state index contributed by atoms with van der Waals surface area (Å²) in [7, 11) is 0. The number of carbonyl (C=O) groups excluding carboxylic acids is 1. The number of rotatable bonds is 8. The van der Waals surface area contributed by atoms with Gasteiger partial charge in [0.1, 0.15) is 0 Å². The number of β-amino-alcohol motifs (C(OH)–C–C–N with tert-alkyl or cyclic N) is 1. The smallest absolute Gasteiger partial charge is 0.220 e. The molecule has 1 unspecified atom stereocenters. The molecule has 1 saturated heterocycles. The molecule has 130 valence electrons. The van der Waals surface area contributed by atoms with Gasteiger partial charge in [-0.15, -0.1) is 11.3 Å². The van der Waals surface area contributed by atoms with Gasteiger partial charge < -0.3 is 15.3 Å². The lowest BCUT2D eigenvalue weighted by atomic mass is 9.99. The monoisotopic (exact) mass is 339 g/mol. The van der Waals surface area contributed by atoms with Crippen LogP contribution in [0.25, 0.3) is 0 Å². The number of amides is 1. The second-order valence-corrected chi connectivity index (χ2v) is 7.71. The van der Waals surface area contributed by atoms with E-state index >= 15 is 0 Å². The van der Waals surface area contributed by atoms with Crippen LogP contribution in [0.4, 0.5) is 0 Å². The molecule has 1 atom stereocenters. The highest BCUT2D eigenvalue weighted by Crippen LogP contribution is 2.15. The van der Waals surface area contributed by atoms with Gasteiger partial charge in [0.15, 0.2) is 0 Å². The average Bonchev–Trinajstić information content (AvgIpc) is 2.93. The highest BCUT2D eigenvalue weighted by molar-refractivity contribution is 7.09. The fourth-order valence-corrected chi connectivity index (χ4v) is 3.53. The third kappa shape index (κ3) is 6.97. The molecule has 2 heterocycles. The van der Waals surface area contributed by atoms with Crippen LogP contribution in [0.2, 0.25) is 0 Å². The van der Waals surface area contributed by atoms with Crippen LogP contribution in [0.15, 0.2) is 5.38 Å². The number of piperidine rings is 1. The first-order valence-electron chi connectivity index (χ1n) is 8.61. The first-order valence-corrected chi connectivity index (χ1v) is 9.49. The van der Waals surface area contributed by atoms with Crippen LogP contribution < -0.4 is 5.32 Å². The van der Waals surface area contributed by atoms with Crippen LogP contribution >= 0.6 is 11.3 Å². The maximum atomic E-state index is 11.8. The largest absolute Gasteiger partial charge is 0.390 e. The van der Waals surface area contributed by atoms with Gasteiger partial charge in [-0.2, -0.15) is 0 Å². The van der Waals surface area contributed by atoms with Gasteiger partial charge in [-0.3, -0.25) is 4.79 Å². The van der Waals surface area contributed by atoms with Gasteiger partial charge in [0, 0.05) is 24.9 Å². The fourth-order valence-electron chi connectivity index (χ4n) is 2.88. The van der Waals surface area contributed by atoms with E-state index in [1.165, 1.54) is 12.8 Å². The van der Waals surface area contributed by atoms with Gasteiger partial charge in [0.05, 0.1) is 16.8 Å². The van der Waals surface area contributed by atoms with E-state index in [0.29, 0.717) is 19.5 Å². The number of likely N-dealkylation sites (tertiary alicyclic amines) is 1. The Bertz CT molecular complexity index is 484. The SMILES string of the molecule is Cc1nc(CCCC(=O)NCC(O)CN2CCC(C)CC2)cs1. The maximum Gasteiger partial charge on any atom is 0.220 e. The molecule has 1 aromatic heterocycles. The number of hydrogen-bond acceptors (Lipinski definition) is 5. The predicted molar refractivity (Wildman–Crippen MR) is 93.6 cm³/mol. The van der Waals surface area contributed by atoms with Gasteiger partial charge in [-0.1, -0.05) is 6.92 Å². The summed E-state index contributed by atoms with van der Waals surface area (Å²) < 4.78 is 0. The van der Waals surface area contributed by atoms with Gasteiger partial charge in [0.25, 0.3) is 0 Å². The van der Waals surface area contributed by atoms with E-state index in [1.54, 1.807) is 11.3 Å². The molecule has 0 aromatic carbocycles. The van der Waals surface area contributed by atoms with Crippen molar-refractivity contribution in [1.82, 2.24) is 15.2 Å². The minimum absolute atomic E-state index is 0.0169. The zero-order valence-electron chi connectivity index (χ0n) is 14.3. The van der Waals surface area contributed by atoms with Crippen molar-refractivity contribution in [3.8, 4) is 0 Å². The predicted octanol–water partition coefficient (Wildman–Crippen LogP) is 1.98. The summed E-state index contributed by atoms with van der Waals surface area (Å²) in [6.07, 6.45) is 4.06. The lowest BCUT2D eigenvalue weighted by Crippen LogP contribution is -2.43. The zero-order valence-corrected chi connectivity index (χ0v) is 15.1. The molecule has 2 N–H and O–H groups in total. The molecule has 0 bridgehead atoms. The lowest BCUT2D eigenvalue weighted by Gasteiger charge is -2.31. The summed E-state index contributed by atoms with van der Waals surface area (Å²) in [6.45, 7) is 7.39. The highest BCUT2D eigenvalue weighted by atomic mass is 32.1. The molecule has 5 nitrogen and oxygen atoms in total. The van der Waals surface area contributed by atoms with Crippen LogP contribution in [0.1, 0.15) is 43.3 Å².